The van der Waals surface area contributed by atoms with E-state index in [9.17, 15) is 14.7 Å². The Hall–Kier alpha value is -5.43. The molecule has 0 unspecified atom stereocenters. The van der Waals surface area contributed by atoms with Crippen molar-refractivity contribution in [2.24, 2.45) is 11.5 Å². The molecule has 1 aliphatic heterocycles. The predicted molar refractivity (Wildman–Crippen MR) is 165 cm³/mol. The van der Waals surface area contributed by atoms with E-state index in [1.165, 1.54) is 21.9 Å². The first-order valence-corrected chi connectivity index (χ1v) is 14.0. The molecule has 0 aliphatic carbocycles. The number of carbonyl (C=O) groups excluding carboxylic acids is 1. The smallest absolute Gasteiger partial charge is 0.339 e. The molecule has 0 spiro atoms. The molecule has 0 bridgehead atoms. The molecule has 0 radical (unpaired) electrons. The Kier molecular flexibility index (Phi) is 9.00. The molecule has 0 saturated carbocycles. The van der Waals surface area contributed by atoms with Gasteiger partial charge in [0.25, 0.3) is 11.8 Å². The maximum absolute atomic E-state index is 16.1. The number of aromatic nitrogens is 1. The van der Waals surface area contributed by atoms with Crippen molar-refractivity contribution in [3.05, 3.63) is 89.5 Å². The van der Waals surface area contributed by atoms with Gasteiger partial charge in [-0.05, 0) is 47.0 Å². The molecular formula is C32H32F2N6O5. The lowest BCUT2D eigenvalue weighted by Gasteiger charge is -2.35. The maximum Gasteiger partial charge on any atom is 0.339 e. The maximum atomic E-state index is 16.1. The molecule has 13 heteroatoms. The number of amides is 2. The number of benzene rings is 3. The van der Waals surface area contributed by atoms with Crippen molar-refractivity contribution >= 4 is 23.4 Å². The number of ether oxygens (including phenoxy) is 2. The van der Waals surface area contributed by atoms with Crippen LogP contribution < -0.4 is 30.7 Å². The molecule has 2 amide bonds. The molecule has 1 saturated heterocycles. The van der Waals surface area contributed by atoms with Gasteiger partial charge in [0.05, 0.1) is 0 Å². The third kappa shape index (κ3) is 6.73. The van der Waals surface area contributed by atoms with Crippen LogP contribution in [0.3, 0.4) is 0 Å². The van der Waals surface area contributed by atoms with E-state index in [2.05, 4.69) is 4.98 Å². The van der Waals surface area contributed by atoms with E-state index in [4.69, 9.17) is 20.9 Å². The number of hydrogen-bond donors (Lipinski definition) is 3. The lowest BCUT2D eigenvalue weighted by Crippen LogP contribution is -2.51. The number of hydrogen-bond acceptors (Lipinski definition) is 8. The second-order valence-electron chi connectivity index (χ2n) is 10.5. The lowest BCUT2D eigenvalue weighted by atomic mass is 10.0. The van der Waals surface area contributed by atoms with Gasteiger partial charge in [-0.3, -0.25) is 0 Å². The van der Waals surface area contributed by atoms with Crippen LogP contribution in [0.25, 0.3) is 11.1 Å². The van der Waals surface area contributed by atoms with Crippen molar-refractivity contribution < 1.29 is 33.0 Å². The third-order valence-corrected chi connectivity index (χ3v) is 7.37. The van der Waals surface area contributed by atoms with Gasteiger partial charge in [-0.2, -0.15) is 13.8 Å². The van der Waals surface area contributed by atoms with Gasteiger partial charge in [0.1, 0.15) is 22.7 Å². The summed E-state index contributed by atoms with van der Waals surface area (Å²) in [5.41, 5.74) is 13.5. The summed E-state index contributed by atoms with van der Waals surface area (Å²) in [5.74, 6) is -4.85. The summed E-state index contributed by atoms with van der Waals surface area (Å²) >= 11 is 0. The number of rotatable bonds is 9. The highest BCUT2D eigenvalue weighted by Crippen LogP contribution is 2.40. The zero-order valence-corrected chi connectivity index (χ0v) is 24.7. The van der Waals surface area contributed by atoms with Gasteiger partial charge in [-0.15, -0.1) is 0 Å². The van der Waals surface area contributed by atoms with E-state index < -0.39 is 41.1 Å². The van der Waals surface area contributed by atoms with E-state index in [1.807, 2.05) is 30.3 Å². The number of halogens is 2. The second kappa shape index (κ2) is 13.1. The van der Waals surface area contributed by atoms with Crippen LogP contribution in [0.2, 0.25) is 0 Å². The first kappa shape index (κ1) is 31.0. The Balaban J connectivity index is 1.58. The molecule has 1 aromatic heterocycles. The van der Waals surface area contributed by atoms with E-state index >= 15 is 8.78 Å². The molecule has 4 aromatic rings. The Bertz CT molecular complexity index is 1740. The van der Waals surface area contributed by atoms with Crippen LogP contribution >= 0.6 is 0 Å². The van der Waals surface area contributed by atoms with E-state index in [0.717, 1.165) is 16.7 Å². The monoisotopic (exact) mass is 618 g/mol. The molecule has 234 valence electrons. The Morgan fingerprint density at radius 1 is 0.911 bits per heavy atom. The fourth-order valence-corrected chi connectivity index (χ4v) is 4.94. The van der Waals surface area contributed by atoms with Crippen molar-refractivity contribution in [3.8, 4) is 34.4 Å². The van der Waals surface area contributed by atoms with Crippen molar-refractivity contribution in [2.75, 3.05) is 50.1 Å². The van der Waals surface area contributed by atoms with Gasteiger partial charge in [-0.1, -0.05) is 30.3 Å². The van der Waals surface area contributed by atoms with Gasteiger partial charge in [0.2, 0.25) is 11.6 Å². The minimum Gasteiger partial charge on any atom is -0.478 e. The lowest BCUT2D eigenvalue weighted by molar-refractivity contribution is 0.0694. The SMILES string of the molecule is CN(C)c1ccc(C(=O)O)c(Oc2nc(Oc3cccc(-c4cccc(CN)c4)c3)c(F)c(N3CCN(C(N)=O)CC3)c2F)c1. The summed E-state index contributed by atoms with van der Waals surface area (Å²) in [6.45, 7) is 0.725. The van der Waals surface area contributed by atoms with Crippen LogP contribution in [0, 0.1) is 11.6 Å². The van der Waals surface area contributed by atoms with Gasteiger partial charge in [-0.25, -0.2) is 9.59 Å². The van der Waals surface area contributed by atoms with Crippen LogP contribution in [0.1, 0.15) is 15.9 Å². The number of pyridine rings is 1. The highest BCUT2D eigenvalue weighted by Gasteiger charge is 2.31. The average Bonchev–Trinajstić information content (AvgIpc) is 3.03. The summed E-state index contributed by atoms with van der Waals surface area (Å²) in [7, 11) is 3.49. The minimum absolute atomic E-state index is 0.0587. The van der Waals surface area contributed by atoms with E-state index in [1.54, 1.807) is 43.3 Å². The number of aromatic carboxylic acids is 1. The highest BCUT2D eigenvalue weighted by molar-refractivity contribution is 5.91. The molecule has 45 heavy (non-hydrogen) atoms. The molecule has 2 heterocycles. The number of carboxylic acid groups (broad SMARTS) is 1. The fraction of sp³-hybridized carbons (Fsp3) is 0.219. The zero-order valence-electron chi connectivity index (χ0n) is 24.7. The Morgan fingerprint density at radius 3 is 2.18 bits per heavy atom. The number of nitrogens with zero attached hydrogens (tertiary/aromatic N) is 4. The number of anilines is 2. The molecule has 5 N–H and O–H groups in total. The van der Waals surface area contributed by atoms with Gasteiger partial charge >= 0.3 is 12.0 Å². The number of carbonyl (C=O) groups is 2. The molecule has 5 rings (SSSR count). The minimum atomic E-state index is -1.31. The van der Waals surface area contributed by atoms with E-state index in [0.29, 0.717) is 12.2 Å². The zero-order chi connectivity index (χ0) is 32.2. The normalized spacial score (nSPS) is 13.0. The first-order valence-electron chi connectivity index (χ1n) is 14.0. The fourth-order valence-electron chi connectivity index (χ4n) is 4.94. The molecule has 0 atom stereocenters. The van der Waals surface area contributed by atoms with Crippen LogP contribution in [0.5, 0.6) is 23.3 Å². The number of urea groups is 1. The second-order valence-corrected chi connectivity index (χ2v) is 10.5. The number of piperazine rings is 1. The van der Waals surface area contributed by atoms with Crippen molar-refractivity contribution in [1.29, 1.82) is 0 Å². The summed E-state index contributed by atoms with van der Waals surface area (Å²) in [5, 5.41) is 9.77. The molecule has 1 aliphatic rings. The van der Waals surface area contributed by atoms with Crippen molar-refractivity contribution in [3.63, 3.8) is 0 Å². The summed E-state index contributed by atoms with van der Waals surface area (Å²) in [4.78, 5) is 32.1. The van der Waals surface area contributed by atoms with Crippen LogP contribution in [-0.2, 0) is 6.54 Å². The molecule has 1 fully saturated rings. The van der Waals surface area contributed by atoms with Crippen LogP contribution in [0.4, 0.5) is 25.0 Å². The number of nitrogens with two attached hydrogens (primary N) is 2. The largest absolute Gasteiger partial charge is 0.478 e. The Labute approximate surface area is 258 Å². The predicted octanol–water partition coefficient (Wildman–Crippen LogP) is 5.04. The quantitative estimate of drug-likeness (QED) is 0.235. The average molecular weight is 619 g/mol. The summed E-state index contributed by atoms with van der Waals surface area (Å²) < 4.78 is 43.9. The molecule has 11 nitrogen and oxygen atoms in total. The first-order chi connectivity index (χ1) is 21.5. The summed E-state index contributed by atoms with van der Waals surface area (Å²) in [6.07, 6.45) is 0. The highest BCUT2D eigenvalue weighted by atomic mass is 19.1. The Morgan fingerprint density at radius 2 is 1.56 bits per heavy atom. The number of carboxylic acids is 1. The topological polar surface area (TPSA) is 147 Å². The third-order valence-electron chi connectivity index (χ3n) is 7.37. The van der Waals surface area contributed by atoms with Crippen molar-refractivity contribution in [1.82, 2.24) is 9.88 Å². The van der Waals surface area contributed by atoms with Crippen LogP contribution in [-0.4, -0.2) is 67.3 Å². The van der Waals surface area contributed by atoms with Gasteiger partial charge in [0.15, 0.2) is 0 Å². The molecule has 3 aromatic carbocycles. The number of primary amides is 1. The van der Waals surface area contributed by atoms with Gasteiger partial charge in [0, 0.05) is 58.6 Å². The molecular weight excluding hydrogens is 586 g/mol. The van der Waals surface area contributed by atoms with E-state index in [-0.39, 0.29) is 43.2 Å². The summed E-state index contributed by atoms with van der Waals surface area (Å²) in [6, 6.07) is 18.1. The van der Waals surface area contributed by atoms with Crippen molar-refractivity contribution in [2.45, 2.75) is 6.54 Å². The standard InChI is InChI=1S/C32H32F2N6O5/c1-38(2)22-9-10-24(31(41)42)25(17-22)45-30-27(34)28(39-11-13-40(14-12-39)32(36)43)26(33)29(37-30)44-23-8-4-7-21(16-23)20-6-3-5-19(15-20)18-35/h3-10,15-17H,11-14,18,35H2,1-2H3,(H2,36,43)(H,41,42). The van der Waals surface area contributed by atoms with Crippen LogP contribution in [0.15, 0.2) is 66.7 Å². The van der Waals surface area contributed by atoms with Gasteiger partial charge < -0.3 is 40.7 Å².